The van der Waals surface area contributed by atoms with Gasteiger partial charge in [0.15, 0.2) is 5.78 Å². The maximum atomic E-state index is 14.3. The number of cyclic esters (lactones) is 1. The van der Waals surface area contributed by atoms with Crippen LogP contribution in [0.2, 0.25) is 0 Å². The van der Waals surface area contributed by atoms with E-state index in [1.54, 1.807) is 0 Å². The Bertz CT molecular complexity index is 1250. The molecule has 4 aromatic carbocycles. The topological polar surface area (TPSA) is 43.4 Å². The Morgan fingerprint density at radius 3 is 1.49 bits per heavy atom. The average Bonchev–Trinajstić information content (AvgIpc) is 2.95. The molecule has 186 valence electrons. The SMILES string of the molecule is O=C1OC(CCc2ccccc2)C(CCc2ccccc2)C(=O)C1C(c1ccccc1)c1ccccc1. The van der Waals surface area contributed by atoms with Crippen LogP contribution >= 0.6 is 0 Å². The third-order valence-corrected chi connectivity index (χ3v) is 7.44. The smallest absolute Gasteiger partial charge is 0.317 e. The molecule has 1 saturated heterocycles. The van der Waals surface area contributed by atoms with Gasteiger partial charge in [0.1, 0.15) is 12.0 Å². The van der Waals surface area contributed by atoms with Crippen molar-refractivity contribution in [1.29, 1.82) is 0 Å². The van der Waals surface area contributed by atoms with Gasteiger partial charge in [-0.2, -0.15) is 0 Å². The summed E-state index contributed by atoms with van der Waals surface area (Å²) in [5.74, 6) is -1.99. The number of carbonyl (C=O) groups excluding carboxylic acids is 2. The number of esters is 1. The van der Waals surface area contributed by atoms with Crippen LogP contribution in [0.4, 0.5) is 0 Å². The fraction of sp³-hybridized carbons (Fsp3) is 0.235. The summed E-state index contributed by atoms with van der Waals surface area (Å²) < 4.78 is 6.16. The number of hydrogen-bond acceptors (Lipinski definition) is 3. The van der Waals surface area contributed by atoms with E-state index >= 15 is 0 Å². The molecule has 1 aliphatic heterocycles. The minimum atomic E-state index is -0.862. The Labute approximate surface area is 219 Å². The van der Waals surface area contributed by atoms with Gasteiger partial charge in [-0.1, -0.05) is 121 Å². The minimum absolute atomic E-state index is 0.00273. The van der Waals surface area contributed by atoms with Crippen molar-refractivity contribution in [3.63, 3.8) is 0 Å². The number of rotatable bonds is 9. The van der Waals surface area contributed by atoms with E-state index in [0.717, 1.165) is 24.0 Å². The van der Waals surface area contributed by atoms with E-state index in [-0.39, 0.29) is 17.6 Å². The molecule has 3 heteroatoms. The molecule has 1 fully saturated rings. The molecule has 1 aliphatic rings. The van der Waals surface area contributed by atoms with E-state index in [2.05, 4.69) is 24.3 Å². The number of aryl methyl sites for hydroxylation is 2. The van der Waals surface area contributed by atoms with Gasteiger partial charge in [0.05, 0.1) is 5.92 Å². The third kappa shape index (κ3) is 5.89. The van der Waals surface area contributed by atoms with Crippen molar-refractivity contribution in [2.45, 2.75) is 37.7 Å². The zero-order valence-electron chi connectivity index (χ0n) is 20.9. The normalized spacial score (nSPS) is 19.5. The molecule has 0 N–H and O–H groups in total. The van der Waals surface area contributed by atoms with Crippen LogP contribution in [0.25, 0.3) is 0 Å². The maximum Gasteiger partial charge on any atom is 0.317 e. The van der Waals surface area contributed by atoms with Crippen LogP contribution in [-0.4, -0.2) is 17.9 Å². The van der Waals surface area contributed by atoms with Gasteiger partial charge in [0.25, 0.3) is 0 Å². The van der Waals surface area contributed by atoms with E-state index < -0.39 is 18.0 Å². The highest BCUT2D eigenvalue weighted by Crippen LogP contribution is 2.40. The number of ketones is 1. The lowest BCUT2D eigenvalue weighted by Gasteiger charge is -2.38. The summed E-state index contributed by atoms with van der Waals surface area (Å²) >= 11 is 0. The van der Waals surface area contributed by atoms with Gasteiger partial charge < -0.3 is 4.74 Å². The number of benzene rings is 4. The van der Waals surface area contributed by atoms with Crippen molar-refractivity contribution in [2.24, 2.45) is 11.8 Å². The summed E-state index contributed by atoms with van der Waals surface area (Å²) in [4.78, 5) is 27.9. The van der Waals surface area contributed by atoms with Gasteiger partial charge in [-0.15, -0.1) is 0 Å². The molecule has 0 aliphatic carbocycles. The van der Waals surface area contributed by atoms with Crippen LogP contribution in [0.15, 0.2) is 121 Å². The molecule has 0 saturated carbocycles. The summed E-state index contributed by atoms with van der Waals surface area (Å²) in [5, 5.41) is 0. The summed E-state index contributed by atoms with van der Waals surface area (Å²) in [6.45, 7) is 0. The molecule has 4 aromatic rings. The quantitative estimate of drug-likeness (QED) is 0.192. The first-order chi connectivity index (χ1) is 18.2. The van der Waals surface area contributed by atoms with Gasteiger partial charge in [-0.25, -0.2) is 0 Å². The summed E-state index contributed by atoms with van der Waals surface area (Å²) in [5.41, 5.74) is 4.27. The Morgan fingerprint density at radius 1 is 0.568 bits per heavy atom. The Hall–Kier alpha value is -3.98. The second-order valence-corrected chi connectivity index (χ2v) is 9.81. The van der Waals surface area contributed by atoms with Crippen molar-refractivity contribution < 1.29 is 14.3 Å². The summed E-state index contributed by atoms with van der Waals surface area (Å²) in [6, 6.07) is 40.1. The van der Waals surface area contributed by atoms with Crippen LogP contribution in [0.5, 0.6) is 0 Å². The van der Waals surface area contributed by atoms with E-state index in [9.17, 15) is 9.59 Å². The molecule has 37 heavy (non-hydrogen) atoms. The van der Waals surface area contributed by atoms with Crippen LogP contribution in [0.3, 0.4) is 0 Å². The molecule has 1 heterocycles. The average molecular weight is 489 g/mol. The van der Waals surface area contributed by atoms with Crippen molar-refractivity contribution in [3.05, 3.63) is 144 Å². The number of carbonyl (C=O) groups is 2. The van der Waals surface area contributed by atoms with Crippen molar-refractivity contribution in [1.82, 2.24) is 0 Å². The van der Waals surface area contributed by atoms with Crippen molar-refractivity contribution >= 4 is 11.8 Å². The largest absolute Gasteiger partial charge is 0.461 e. The van der Waals surface area contributed by atoms with E-state index in [0.29, 0.717) is 12.8 Å². The van der Waals surface area contributed by atoms with Gasteiger partial charge in [-0.3, -0.25) is 9.59 Å². The highest BCUT2D eigenvalue weighted by molar-refractivity contribution is 6.03. The molecular formula is C34H32O3. The fourth-order valence-electron chi connectivity index (χ4n) is 5.54. The van der Waals surface area contributed by atoms with Crippen LogP contribution in [0, 0.1) is 11.8 Å². The standard InChI is InChI=1S/C34H32O3/c35-33-29(23-21-25-13-5-1-6-14-25)30(24-22-26-15-7-2-8-16-26)37-34(36)32(33)31(27-17-9-3-10-18-27)28-19-11-4-12-20-28/h1-20,29-32H,21-24H2. The number of hydrogen-bond donors (Lipinski definition) is 0. The van der Waals surface area contributed by atoms with E-state index in [4.69, 9.17) is 4.74 Å². The maximum absolute atomic E-state index is 14.3. The van der Waals surface area contributed by atoms with Gasteiger partial charge in [0.2, 0.25) is 0 Å². The molecule has 0 spiro atoms. The number of Topliss-reactive ketones (excluding diaryl/α,β-unsaturated/α-hetero) is 1. The van der Waals surface area contributed by atoms with Crippen LogP contribution in [-0.2, 0) is 27.2 Å². The van der Waals surface area contributed by atoms with Crippen LogP contribution < -0.4 is 0 Å². The summed E-state index contributed by atoms with van der Waals surface area (Å²) in [7, 11) is 0. The lowest BCUT2D eigenvalue weighted by Crippen LogP contribution is -2.48. The molecule has 3 atom stereocenters. The molecular weight excluding hydrogens is 456 g/mol. The zero-order valence-corrected chi connectivity index (χ0v) is 20.9. The second kappa shape index (κ2) is 11.8. The number of ether oxygens (including phenoxy) is 1. The highest BCUT2D eigenvalue weighted by Gasteiger charge is 2.48. The molecule has 0 radical (unpaired) electrons. The van der Waals surface area contributed by atoms with E-state index in [1.165, 1.54) is 11.1 Å². The molecule has 0 bridgehead atoms. The Balaban J connectivity index is 1.46. The Morgan fingerprint density at radius 2 is 1.00 bits per heavy atom. The molecule has 3 nitrogen and oxygen atoms in total. The summed E-state index contributed by atoms with van der Waals surface area (Å²) in [6.07, 6.45) is 2.40. The van der Waals surface area contributed by atoms with Crippen molar-refractivity contribution in [3.8, 4) is 0 Å². The first kappa shape index (κ1) is 24.7. The molecule has 5 rings (SSSR count). The van der Waals surface area contributed by atoms with Crippen LogP contribution in [0.1, 0.15) is 41.0 Å². The van der Waals surface area contributed by atoms with Gasteiger partial charge in [-0.05, 0) is 47.9 Å². The monoisotopic (exact) mass is 488 g/mol. The fourth-order valence-corrected chi connectivity index (χ4v) is 5.54. The van der Waals surface area contributed by atoms with Gasteiger partial charge in [0, 0.05) is 5.92 Å². The predicted molar refractivity (Wildman–Crippen MR) is 146 cm³/mol. The van der Waals surface area contributed by atoms with Crippen molar-refractivity contribution in [2.75, 3.05) is 0 Å². The Kier molecular flexibility index (Phi) is 7.90. The molecule has 3 unspecified atom stereocenters. The molecule has 0 amide bonds. The van der Waals surface area contributed by atoms with E-state index in [1.807, 2.05) is 97.1 Å². The lowest BCUT2D eigenvalue weighted by molar-refractivity contribution is -0.172. The van der Waals surface area contributed by atoms with Gasteiger partial charge >= 0.3 is 5.97 Å². The second-order valence-electron chi connectivity index (χ2n) is 9.81. The third-order valence-electron chi connectivity index (χ3n) is 7.44. The predicted octanol–water partition coefficient (Wildman–Crippen LogP) is 6.81. The highest BCUT2D eigenvalue weighted by atomic mass is 16.5. The zero-order chi connectivity index (χ0) is 25.5. The minimum Gasteiger partial charge on any atom is -0.461 e. The first-order valence-electron chi connectivity index (χ1n) is 13.1. The first-order valence-corrected chi connectivity index (χ1v) is 13.1. The molecule has 0 aromatic heterocycles. The lowest BCUT2D eigenvalue weighted by atomic mass is 9.71.